The van der Waals surface area contributed by atoms with Gasteiger partial charge in [0.15, 0.2) is 23.4 Å². The van der Waals surface area contributed by atoms with E-state index in [4.69, 9.17) is 4.74 Å². The van der Waals surface area contributed by atoms with Gasteiger partial charge in [0.2, 0.25) is 0 Å². The lowest BCUT2D eigenvalue weighted by Crippen LogP contribution is -2.64. The van der Waals surface area contributed by atoms with Gasteiger partial charge in [-0.05, 0) is 31.5 Å². The number of phenolic OH excluding ortho intramolecular Hbond substituents is 1. The van der Waals surface area contributed by atoms with Gasteiger partial charge < -0.3 is 14.9 Å². The molecule has 6 rings (SSSR count). The van der Waals surface area contributed by atoms with Gasteiger partial charge >= 0.3 is 0 Å². The molecule has 2 spiro atoms. The number of hydrogen-bond acceptors (Lipinski definition) is 5. The summed E-state index contributed by atoms with van der Waals surface area (Å²) in [4.78, 5) is 14.7. The van der Waals surface area contributed by atoms with E-state index in [0.717, 1.165) is 17.5 Å². The maximum Gasteiger partial charge on any atom is 0.174 e. The topological polar surface area (TPSA) is 69.8 Å². The molecule has 21 heavy (non-hydrogen) atoms. The second-order valence-corrected chi connectivity index (χ2v) is 7.31. The number of likely N-dealkylation sites (tertiary alicyclic amines) is 1. The van der Waals surface area contributed by atoms with Crippen LogP contribution in [-0.2, 0) is 15.7 Å². The summed E-state index contributed by atoms with van der Waals surface area (Å²) in [6.45, 7) is 0. The van der Waals surface area contributed by atoms with Crippen molar-refractivity contribution in [2.45, 2.75) is 48.0 Å². The van der Waals surface area contributed by atoms with Crippen LogP contribution >= 0.6 is 0 Å². The molecule has 0 aromatic heterocycles. The van der Waals surface area contributed by atoms with Gasteiger partial charge in [0.25, 0.3) is 0 Å². The smallest absolute Gasteiger partial charge is 0.174 e. The van der Waals surface area contributed by atoms with Crippen LogP contribution in [0, 0.1) is 0 Å². The van der Waals surface area contributed by atoms with E-state index in [1.165, 1.54) is 0 Å². The first kappa shape index (κ1) is 11.0. The second kappa shape index (κ2) is 2.59. The first-order valence-electron chi connectivity index (χ1n) is 7.50. The Morgan fingerprint density at radius 1 is 1.43 bits per heavy atom. The summed E-state index contributed by atoms with van der Waals surface area (Å²) in [5.41, 5.74) is 0.349. The maximum atomic E-state index is 12.4. The van der Waals surface area contributed by atoms with E-state index in [-0.39, 0.29) is 23.1 Å². The van der Waals surface area contributed by atoms with Crippen molar-refractivity contribution in [3.05, 3.63) is 23.3 Å². The highest BCUT2D eigenvalue weighted by molar-refractivity contribution is 5.92. The summed E-state index contributed by atoms with van der Waals surface area (Å²) in [6.07, 6.45) is 0.962. The number of aromatic hydroxyl groups is 1. The van der Waals surface area contributed by atoms with Crippen molar-refractivity contribution in [1.29, 1.82) is 0 Å². The molecule has 5 heteroatoms. The van der Waals surface area contributed by atoms with E-state index < -0.39 is 17.1 Å². The summed E-state index contributed by atoms with van der Waals surface area (Å²) in [5, 5.41) is 21.6. The Balaban J connectivity index is 1.78. The lowest BCUT2D eigenvalue weighted by atomic mass is 9.59. The fourth-order valence-corrected chi connectivity index (χ4v) is 6.28. The predicted molar refractivity (Wildman–Crippen MR) is 71.2 cm³/mol. The van der Waals surface area contributed by atoms with Crippen molar-refractivity contribution in [3.8, 4) is 11.5 Å². The standard InChI is InChI=1S/C16H15NO4/c1-17-13-15(17)6-14-10-7(15)2-3-8(18)11(10)21-12(14)9(19)4-5-16(13,14)20/h2-3,12-13,18,20H,4-6H2,1H3. The van der Waals surface area contributed by atoms with Crippen LogP contribution in [0.5, 0.6) is 11.5 Å². The molecule has 108 valence electrons. The highest BCUT2D eigenvalue weighted by Crippen LogP contribution is 2.81. The van der Waals surface area contributed by atoms with Crippen LogP contribution in [0.2, 0.25) is 0 Å². The fourth-order valence-electron chi connectivity index (χ4n) is 6.28. The van der Waals surface area contributed by atoms with Crippen LogP contribution < -0.4 is 4.74 Å². The molecule has 1 aromatic rings. The number of aliphatic hydroxyl groups is 1. The third-order valence-electron chi connectivity index (χ3n) is 6.95. The third-order valence-corrected chi connectivity index (χ3v) is 6.95. The number of fused-ring (bicyclic) bond motifs is 1. The SMILES string of the molecule is CN1C2C13CC14c5c3ccc(O)c5OC1C(=O)CCC24O. The third kappa shape index (κ3) is 0.730. The van der Waals surface area contributed by atoms with Crippen LogP contribution in [0.15, 0.2) is 12.1 Å². The number of likely N-dealkylation sites (N-methyl/N-ethyl adjacent to an activating group) is 1. The number of rotatable bonds is 0. The van der Waals surface area contributed by atoms with Crippen molar-refractivity contribution in [2.75, 3.05) is 7.05 Å². The highest BCUT2D eigenvalue weighted by Gasteiger charge is 2.91. The Bertz CT molecular complexity index is 776. The molecule has 2 aliphatic heterocycles. The molecule has 6 atom stereocenters. The molecule has 6 unspecified atom stereocenters. The van der Waals surface area contributed by atoms with Gasteiger partial charge in [-0.1, -0.05) is 6.07 Å². The summed E-state index contributed by atoms with van der Waals surface area (Å²) in [6, 6.07) is 3.68. The summed E-state index contributed by atoms with van der Waals surface area (Å²) >= 11 is 0. The van der Waals surface area contributed by atoms with Gasteiger partial charge in [0, 0.05) is 12.0 Å². The van der Waals surface area contributed by atoms with Gasteiger partial charge in [-0.3, -0.25) is 9.69 Å². The van der Waals surface area contributed by atoms with Crippen molar-refractivity contribution in [2.24, 2.45) is 0 Å². The van der Waals surface area contributed by atoms with Crippen LogP contribution in [0.3, 0.4) is 0 Å². The quantitative estimate of drug-likeness (QED) is 0.676. The molecule has 2 saturated carbocycles. The molecule has 3 fully saturated rings. The molecule has 5 aliphatic rings. The number of Topliss-reactive ketones (excluding diaryl/α,β-unsaturated/α-hetero) is 1. The van der Waals surface area contributed by atoms with Crippen LogP contribution in [0.1, 0.15) is 30.4 Å². The number of phenols is 1. The molecule has 1 saturated heterocycles. The van der Waals surface area contributed by atoms with Crippen LogP contribution in [0.25, 0.3) is 0 Å². The number of carbonyl (C=O) groups excluding carboxylic acids is 1. The van der Waals surface area contributed by atoms with Gasteiger partial charge in [-0.2, -0.15) is 0 Å². The van der Waals surface area contributed by atoms with E-state index in [0.29, 0.717) is 18.6 Å². The predicted octanol–water partition coefficient (Wildman–Crippen LogP) is 0.412. The minimum absolute atomic E-state index is 0.0576. The molecular weight excluding hydrogens is 270 g/mol. The van der Waals surface area contributed by atoms with Crippen LogP contribution in [-0.4, -0.2) is 45.7 Å². The molecule has 1 aromatic carbocycles. The molecule has 2 N–H and O–H groups in total. The molecule has 3 aliphatic carbocycles. The lowest BCUT2D eigenvalue weighted by molar-refractivity contribution is -0.148. The largest absolute Gasteiger partial charge is 0.504 e. The summed E-state index contributed by atoms with van der Waals surface area (Å²) in [7, 11) is 2.04. The van der Waals surface area contributed by atoms with E-state index in [1.54, 1.807) is 6.07 Å². The molecular formula is C16H15NO4. The fraction of sp³-hybridized carbons (Fsp3) is 0.562. The molecule has 0 amide bonds. The first-order chi connectivity index (χ1) is 9.98. The average molecular weight is 285 g/mol. The Kier molecular flexibility index (Phi) is 1.36. The molecule has 2 bridgehead atoms. The van der Waals surface area contributed by atoms with Crippen molar-refractivity contribution in [3.63, 3.8) is 0 Å². The van der Waals surface area contributed by atoms with Gasteiger partial charge in [-0.15, -0.1) is 0 Å². The van der Waals surface area contributed by atoms with E-state index in [2.05, 4.69) is 4.90 Å². The Morgan fingerprint density at radius 2 is 2.24 bits per heavy atom. The van der Waals surface area contributed by atoms with E-state index in [1.807, 2.05) is 13.1 Å². The Labute approximate surface area is 121 Å². The number of ether oxygens (including phenoxy) is 1. The van der Waals surface area contributed by atoms with E-state index in [9.17, 15) is 15.0 Å². The summed E-state index contributed by atoms with van der Waals surface area (Å²) < 4.78 is 5.87. The minimum Gasteiger partial charge on any atom is -0.504 e. The molecule has 2 heterocycles. The number of piperidine rings is 1. The lowest BCUT2D eigenvalue weighted by Gasteiger charge is -2.47. The number of hydrogen-bond donors (Lipinski definition) is 2. The number of nitrogens with zero attached hydrogens (tertiary/aromatic N) is 1. The highest BCUT2D eigenvalue weighted by atomic mass is 16.5. The zero-order valence-electron chi connectivity index (χ0n) is 11.6. The maximum absolute atomic E-state index is 12.4. The van der Waals surface area contributed by atoms with Crippen molar-refractivity contribution >= 4 is 5.78 Å². The number of benzene rings is 1. The molecule has 5 nitrogen and oxygen atoms in total. The average Bonchev–Trinajstić information content (AvgIpc) is 2.76. The molecule has 0 radical (unpaired) electrons. The van der Waals surface area contributed by atoms with Gasteiger partial charge in [0.1, 0.15) is 0 Å². The van der Waals surface area contributed by atoms with Crippen molar-refractivity contribution < 1.29 is 19.7 Å². The monoisotopic (exact) mass is 285 g/mol. The van der Waals surface area contributed by atoms with Gasteiger partial charge in [-0.25, -0.2) is 0 Å². The Morgan fingerprint density at radius 3 is 3.05 bits per heavy atom. The Hall–Kier alpha value is -1.59. The van der Waals surface area contributed by atoms with Crippen LogP contribution in [0.4, 0.5) is 0 Å². The number of ketones is 1. The normalized spacial score (nSPS) is 53.4. The van der Waals surface area contributed by atoms with E-state index >= 15 is 0 Å². The first-order valence-corrected chi connectivity index (χ1v) is 7.50. The van der Waals surface area contributed by atoms with Gasteiger partial charge in [0.05, 0.1) is 22.6 Å². The minimum atomic E-state index is -0.910. The number of carbonyl (C=O) groups is 1. The van der Waals surface area contributed by atoms with Crippen molar-refractivity contribution in [1.82, 2.24) is 4.90 Å². The zero-order chi connectivity index (χ0) is 14.4. The second-order valence-electron chi connectivity index (χ2n) is 7.31. The zero-order valence-corrected chi connectivity index (χ0v) is 11.6. The summed E-state index contributed by atoms with van der Waals surface area (Å²) in [5.74, 6) is 0.570.